The predicted octanol–water partition coefficient (Wildman–Crippen LogP) is 2.51. The van der Waals surface area contributed by atoms with Crippen molar-refractivity contribution in [1.82, 2.24) is 4.90 Å². The van der Waals surface area contributed by atoms with Crippen LogP contribution < -0.4 is 10.6 Å². The lowest BCUT2D eigenvalue weighted by Gasteiger charge is -2.36. The minimum absolute atomic E-state index is 0.201. The average molecular weight is 310 g/mol. The highest BCUT2D eigenvalue weighted by atomic mass is 35.5. The molecule has 0 unspecified atom stereocenters. The molecule has 4 nitrogen and oxygen atoms in total. The van der Waals surface area contributed by atoms with Crippen LogP contribution in [0.15, 0.2) is 24.3 Å². The van der Waals surface area contributed by atoms with Crippen LogP contribution in [0, 0.1) is 0 Å². The standard InChI is InChI=1S/C16H24ClN3O/c1-16(2,18)8-7-15(21)20-11-9-19(10-12-20)14-6-4-3-5-13(14)17/h3-6H,7-12,18H2,1-2H3. The van der Waals surface area contributed by atoms with E-state index in [9.17, 15) is 4.79 Å². The molecule has 21 heavy (non-hydrogen) atoms. The number of nitrogens with two attached hydrogens (primary N) is 1. The molecule has 0 aliphatic carbocycles. The summed E-state index contributed by atoms with van der Waals surface area (Å²) in [5.74, 6) is 0.201. The second-order valence-electron chi connectivity index (χ2n) is 6.31. The van der Waals surface area contributed by atoms with E-state index in [-0.39, 0.29) is 11.4 Å². The fourth-order valence-corrected chi connectivity index (χ4v) is 2.75. The van der Waals surface area contributed by atoms with E-state index in [2.05, 4.69) is 4.90 Å². The predicted molar refractivity (Wildman–Crippen MR) is 87.7 cm³/mol. The number of nitrogens with zero attached hydrogens (tertiary/aromatic N) is 2. The van der Waals surface area contributed by atoms with Gasteiger partial charge in [-0.1, -0.05) is 23.7 Å². The molecule has 0 atom stereocenters. The Kier molecular flexibility index (Phi) is 5.12. The molecule has 5 heteroatoms. The van der Waals surface area contributed by atoms with Crippen molar-refractivity contribution in [3.05, 3.63) is 29.3 Å². The fraction of sp³-hybridized carbons (Fsp3) is 0.562. The summed E-state index contributed by atoms with van der Waals surface area (Å²) < 4.78 is 0. The lowest BCUT2D eigenvalue weighted by atomic mass is 9.99. The summed E-state index contributed by atoms with van der Waals surface area (Å²) in [5, 5.41) is 0.766. The van der Waals surface area contributed by atoms with E-state index in [4.69, 9.17) is 17.3 Å². The Balaban J connectivity index is 1.86. The molecule has 2 rings (SSSR count). The largest absolute Gasteiger partial charge is 0.367 e. The number of piperazine rings is 1. The Morgan fingerprint density at radius 2 is 1.86 bits per heavy atom. The Bertz CT molecular complexity index is 491. The van der Waals surface area contributed by atoms with Crippen molar-refractivity contribution in [3.63, 3.8) is 0 Å². The molecule has 0 aromatic heterocycles. The van der Waals surface area contributed by atoms with Crippen molar-refractivity contribution in [2.24, 2.45) is 5.73 Å². The third-order valence-corrected chi connectivity index (χ3v) is 4.13. The van der Waals surface area contributed by atoms with Crippen molar-refractivity contribution in [2.45, 2.75) is 32.2 Å². The molecule has 2 N–H and O–H groups in total. The van der Waals surface area contributed by atoms with Crippen LogP contribution in [0.1, 0.15) is 26.7 Å². The summed E-state index contributed by atoms with van der Waals surface area (Å²) >= 11 is 6.22. The third-order valence-electron chi connectivity index (χ3n) is 3.81. The van der Waals surface area contributed by atoms with Crippen LogP contribution in [0.3, 0.4) is 0 Å². The first-order valence-corrected chi connectivity index (χ1v) is 7.81. The summed E-state index contributed by atoms with van der Waals surface area (Å²) in [6.07, 6.45) is 1.24. The van der Waals surface area contributed by atoms with Crippen LogP contribution in [0.5, 0.6) is 0 Å². The highest BCUT2D eigenvalue weighted by molar-refractivity contribution is 6.33. The SMILES string of the molecule is CC(C)(N)CCC(=O)N1CCN(c2ccccc2Cl)CC1. The number of benzene rings is 1. The van der Waals surface area contributed by atoms with Gasteiger partial charge in [0, 0.05) is 38.1 Å². The zero-order valence-electron chi connectivity index (χ0n) is 12.8. The number of carbonyl (C=O) groups is 1. The Morgan fingerprint density at radius 3 is 2.43 bits per heavy atom. The summed E-state index contributed by atoms with van der Waals surface area (Å²) in [7, 11) is 0. The lowest BCUT2D eigenvalue weighted by molar-refractivity contribution is -0.131. The average Bonchev–Trinajstić information content (AvgIpc) is 2.45. The van der Waals surface area contributed by atoms with Gasteiger partial charge in [0.05, 0.1) is 10.7 Å². The first-order chi connectivity index (χ1) is 9.87. The van der Waals surface area contributed by atoms with Gasteiger partial charge in [-0.2, -0.15) is 0 Å². The van der Waals surface area contributed by atoms with Crippen molar-refractivity contribution >= 4 is 23.2 Å². The summed E-state index contributed by atoms with van der Waals surface area (Å²) in [6.45, 7) is 7.04. The van der Waals surface area contributed by atoms with E-state index >= 15 is 0 Å². The molecule has 1 aliphatic rings. The maximum Gasteiger partial charge on any atom is 0.222 e. The summed E-state index contributed by atoms with van der Waals surface area (Å²) in [4.78, 5) is 16.3. The maximum atomic E-state index is 12.2. The number of para-hydroxylation sites is 1. The quantitative estimate of drug-likeness (QED) is 0.929. The van der Waals surface area contributed by atoms with Crippen molar-refractivity contribution in [1.29, 1.82) is 0 Å². The second kappa shape index (κ2) is 6.67. The van der Waals surface area contributed by atoms with Gasteiger partial charge < -0.3 is 15.5 Å². The van der Waals surface area contributed by atoms with Crippen LogP contribution in [-0.4, -0.2) is 42.5 Å². The van der Waals surface area contributed by atoms with Crippen molar-refractivity contribution < 1.29 is 4.79 Å². The number of amides is 1. The Hall–Kier alpha value is -1.26. The molecule has 0 saturated carbocycles. The molecular formula is C16H24ClN3O. The molecule has 116 valence electrons. The monoisotopic (exact) mass is 309 g/mol. The molecule has 0 radical (unpaired) electrons. The molecule has 1 saturated heterocycles. The third kappa shape index (κ3) is 4.61. The molecule has 0 spiro atoms. The van der Waals surface area contributed by atoms with E-state index in [1.54, 1.807) is 0 Å². The molecular weight excluding hydrogens is 286 g/mol. The minimum atomic E-state index is -0.283. The zero-order valence-corrected chi connectivity index (χ0v) is 13.6. The van der Waals surface area contributed by atoms with Crippen molar-refractivity contribution in [2.75, 3.05) is 31.1 Å². The van der Waals surface area contributed by atoms with Gasteiger partial charge in [0.15, 0.2) is 0 Å². The van der Waals surface area contributed by atoms with Gasteiger partial charge in [0.1, 0.15) is 0 Å². The van der Waals surface area contributed by atoms with Crippen LogP contribution in [-0.2, 0) is 4.79 Å². The van der Waals surface area contributed by atoms with Crippen LogP contribution in [0.4, 0.5) is 5.69 Å². The summed E-state index contributed by atoms with van der Waals surface area (Å²) in [5.41, 5.74) is 6.70. The number of hydrogen-bond donors (Lipinski definition) is 1. The highest BCUT2D eigenvalue weighted by Crippen LogP contribution is 2.26. The summed E-state index contributed by atoms with van der Waals surface area (Å²) in [6, 6.07) is 7.84. The number of hydrogen-bond acceptors (Lipinski definition) is 3. The molecule has 1 aromatic rings. The Labute approximate surface area is 131 Å². The van der Waals surface area contributed by atoms with Crippen LogP contribution in [0.2, 0.25) is 5.02 Å². The molecule has 1 fully saturated rings. The molecule has 0 bridgehead atoms. The molecule has 1 heterocycles. The Morgan fingerprint density at radius 1 is 1.24 bits per heavy atom. The number of rotatable bonds is 4. The normalized spacial score (nSPS) is 16.2. The molecule has 1 aromatic carbocycles. The van der Waals surface area contributed by atoms with E-state index in [1.807, 2.05) is 43.0 Å². The second-order valence-corrected chi connectivity index (χ2v) is 6.72. The van der Waals surface area contributed by atoms with Crippen LogP contribution in [0.25, 0.3) is 0 Å². The fourth-order valence-electron chi connectivity index (χ4n) is 2.49. The first kappa shape index (κ1) is 16.1. The van der Waals surface area contributed by atoms with Gasteiger partial charge in [0.2, 0.25) is 5.91 Å². The first-order valence-electron chi connectivity index (χ1n) is 7.43. The zero-order chi connectivity index (χ0) is 15.5. The van der Waals surface area contributed by atoms with Gasteiger partial charge in [-0.25, -0.2) is 0 Å². The molecule has 1 aliphatic heterocycles. The van der Waals surface area contributed by atoms with Gasteiger partial charge in [-0.3, -0.25) is 4.79 Å². The highest BCUT2D eigenvalue weighted by Gasteiger charge is 2.23. The van der Waals surface area contributed by atoms with Crippen molar-refractivity contribution in [3.8, 4) is 0 Å². The van der Waals surface area contributed by atoms with E-state index in [1.165, 1.54) is 0 Å². The van der Waals surface area contributed by atoms with Gasteiger partial charge in [0.25, 0.3) is 0 Å². The smallest absolute Gasteiger partial charge is 0.222 e. The number of halogens is 1. The number of anilines is 1. The minimum Gasteiger partial charge on any atom is -0.367 e. The number of carbonyl (C=O) groups excluding carboxylic acids is 1. The van der Waals surface area contributed by atoms with Gasteiger partial charge in [-0.05, 0) is 32.4 Å². The maximum absolute atomic E-state index is 12.2. The van der Waals surface area contributed by atoms with E-state index in [0.29, 0.717) is 6.42 Å². The van der Waals surface area contributed by atoms with E-state index in [0.717, 1.165) is 43.3 Å². The topological polar surface area (TPSA) is 49.6 Å². The van der Waals surface area contributed by atoms with Gasteiger partial charge >= 0.3 is 0 Å². The van der Waals surface area contributed by atoms with E-state index < -0.39 is 0 Å². The lowest BCUT2D eigenvalue weighted by Crippen LogP contribution is -2.49. The van der Waals surface area contributed by atoms with Crippen LogP contribution >= 0.6 is 11.6 Å². The molecule has 1 amide bonds. The van der Waals surface area contributed by atoms with Gasteiger partial charge in [-0.15, -0.1) is 0 Å².